The van der Waals surface area contributed by atoms with Crippen molar-refractivity contribution in [2.45, 2.75) is 37.3 Å². The normalized spacial score (nSPS) is 21.5. The Labute approximate surface area is 91.4 Å². The largest absolute Gasteiger partial charge is 0.376 e. The summed E-state index contributed by atoms with van der Waals surface area (Å²) in [4.78, 5) is 0. The molecule has 2 rings (SSSR count). The number of benzene rings is 1. The molecule has 1 fully saturated rings. The maximum Gasteiger partial charge on any atom is 0.0870 e. The lowest BCUT2D eigenvalue weighted by Gasteiger charge is -2.34. The van der Waals surface area contributed by atoms with Gasteiger partial charge in [-0.2, -0.15) is 0 Å². The fraction of sp³-hybridized carbons (Fsp3) is 0.538. The molecule has 0 aromatic heterocycles. The monoisotopic (exact) mass is 205 g/mol. The highest BCUT2D eigenvalue weighted by atomic mass is 16.5. The topological polar surface area (TPSA) is 35.2 Å². The first-order valence-corrected chi connectivity index (χ1v) is 5.64. The van der Waals surface area contributed by atoms with Crippen LogP contribution in [0.2, 0.25) is 0 Å². The van der Waals surface area contributed by atoms with Gasteiger partial charge in [-0.05, 0) is 18.4 Å². The Morgan fingerprint density at radius 2 is 1.80 bits per heavy atom. The highest BCUT2D eigenvalue weighted by molar-refractivity contribution is 5.22. The van der Waals surface area contributed by atoms with E-state index in [1.165, 1.54) is 18.4 Å². The standard InChI is InChI=1S/C13H19NO/c1-15-13(9-5-6-10-13)12(14)11-7-3-2-4-8-11/h2-4,7-8,12H,5-6,9-10,14H2,1H3. The van der Waals surface area contributed by atoms with E-state index in [4.69, 9.17) is 10.5 Å². The van der Waals surface area contributed by atoms with Gasteiger partial charge in [0.2, 0.25) is 0 Å². The molecule has 2 N–H and O–H groups in total. The Kier molecular flexibility index (Phi) is 3.08. The van der Waals surface area contributed by atoms with Crippen LogP contribution in [0, 0.1) is 0 Å². The van der Waals surface area contributed by atoms with Crippen molar-refractivity contribution in [1.29, 1.82) is 0 Å². The van der Waals surface area contributed by atoms with Gasteiger partial charge in [0.05, 0.1) is 11.6 Å². The summed E-state index contributed by atoms with van der Waals surface area (Å²) in [6, 6.07) is 10.3. The molecule has 2 heteroatoms. The van der Waals surface area contributed by atoms with Crippen molar-refractivity contribution in [2.75, 3.05) is 7.11 Å². The zero-order chi connectivity index (χ0) is 10.7. The lowest BCUT2D eigenvalue weighted by Crippen LogP contribution is -2.40. The average Bonchev–Trinajstić information content (AvgIpc) is 2.79. The molecule has 0 radical (unpaired) electrons. The molecule has 0 aliphatic heterocycles. The van der Waals surface area contributed by atoms with Gasteiger partial charge in [0.1, 0.15) is 0 Å². The van der Waals surface area contributed by atoms with Crippen molar-refractivity contribution < 1.29 is 4.74 Å². The summed E-state index contributed by atoms with van der Waals surface area (Å²) in [5.41, 5.74) is 7.38. The summed E-state index contributed by atoms with van der Waals surface area (Å²) in [6.45, 7) is 0. The van der Waals surface area contributed by atoms with Crippen LogP contribution in [0.15, 0.2) is 30.3 Å². The summed E-state index contributed by atoms with van der Waals surface area (Å²) < 4.78 is 5.69. The molecule has 1 aromatic rings. The fourth-order valence-corrected chi connectivity index (χ4v) is 2.58. The molecular formula is C13H19NO. The molecule has 0 spiro atoms. The molecule has 1 aliphatic carbocycles. The van der Waals surface area contributed by atoms with E-state index in [0.717, 1.165) is 12.8 Å². The third kappa shape index (κ3) is 1.92. The zero-order valence-corrected chi connectivity index (χ0v) is 9.28. The predicted octanol–water partition coefficient (Wildman–Crippen LogP) is 2.65. The maximum atomic E-state index is 6.32. The minimum atomic E-state index is -0.124. The smallest absolute Gasteiger partial charge is 0.0870 e. The third-order valence-corrected chi connectivity index (χ3v) is 3.58. The van der Waals surface area contributed by atoms with Gasteiger partial charge in [0, 0.05) is 7.11 Å². The molecule has 15 heavy (non-hydrogen) atoms. The number of nitrogens with two attached hydrogens (primary N) is 1. The average molecular weight is 205 g/mol. The van der Waals surface area contributed by atoms with Crippen molar-refractivity contribution in [1.82, 2.24) is 0 Å². The van der Waals surface area contributed by atoms with Crippen LogP contribution >= 0.6 is 0 Å². The number of hydrogen-bond acceptors (Lipinski definition) is 2. The van der Waals surface area contributed by atoms with Gasteiger partial charge in [0.25, 0.3) is 0 Å². The molecule has 1 saturated carbocycles. The molecule has 2 nitrogen and oxygen atoms in total. The molecule has 82 valence electrons. The van der Waals surface area contributed by atoms with Crippen LogP contribution in [-0.4, -0.2) is 12.7 Å². The number of hydrogen-bond donors (Lipinski definition) is 1. The molecule has 0 saturated heterocycles. The van der Waals surface area contributed by atoms with E-state index in [-0.39, 0.29) is 11.6 Å². The van der Waals surface area contributed by atoms with E-state index in [1.54, 1.807) is 7.11 Å². The fourth-order valence-electron chi connectivity index (χ4n) is 2.58. The Morgan fingerprint density at radius 3 is 2.33 bits per heavy atom. The number of methoxy groups -OCH3 is 1. The highest BCUT2D eigenvalue weighted by Crippen LogP contribution is 2.41. The van der Waals surface area contributed by atoms with Gasteiger partial charge in [-0.25, -0.2) is 0 Å². The Balaban J connectivity index is 2.22. The zero-order valence-electron chi connectivity index (χ0n) is 9.28. The summed E-state index contributed by atoms with van der Waals surface area (Å²) in [5, 5.41) is 0. The van der Waals surface area contributed by atoms with E-state index in [2.05, 4.69) is 12.1 Å². The molecule has 0 heterocycles. The highest BCUT2D eigenvalue weighted by Gasteiger charge is 2.40. The van der Waals surface area contributed by atoms with Crippen molar-refractivity contribution in [3.05, 3.63) is 35.9 Å². The van der Waals surface area contributed by atoms with Crippen molar-refractivity contribution in [2.24, 2.45) is 5.73 Å². The van der Waals surface area contributed by atoms with Gasteiger partial charge in [-0.15, -0.1) is 0 Å². The first-order valence-electron chi connectivity index (χ1n) is 5.64. The molecule has 1 atom stereocenters. The van der Waals surface area contributed by atoms with Crippen LogP contribution < -0.4 is 5.73 Å². The molecule has 1 unspecified atom stereocenters. The van der Waals surface area contributed by atoms with Crippen LogP contribution in [-0.2, 0) is 4.74 Å². The first kappa shape index (κ1) is 10.7. The van der Waals surface area contributed by atoms with Crippen LogP contribution in [0.3, 0.4) is 0 Å². The Bertz CT molecular complexity index is 304. The Morgan fingerprint density at radius 1 is 1.20 bits per heavy atom. The van der Waals surface area contributed by atoms with E-state index in [9.17, 15) is 0 Å². The molecule has 1 aromatic carbocycles. The van der Waals surface area contributed by atoms with E-state index >= 15 is 0 Å². The van der Waals surface area contributed by atoms with Crippen molar-refractivity contribution in [3.63, 3.8) is 0 Å². The second kappa shape index (κ2) is 4.33. The lowest BCUT2D eigenvalue weighted by molar-refractivity contribution is -0.0264. The van der Waals surface area contributed by atoms with Gasteiger partial charge < -0.3 is 10.5 Å². The van der Waals surface area contributed by atoms with Gasteiger partial charge in [-0.1, -0.05) is 43.2 Å². The van der Waals surface area contributed by atoms with E-state index < -0.39 is 0 Å². The summed E-state index contributed by atoms with van der Waals surface area (Å²) in [7, 11) is 1.79. The van der Waals surface area contributed by atoms with Crippen molar-refractivity contribution >= 4 is 0 Å². The van der Waals surface area contributed by atoms with Crippen LogP contribution in [0.25, 0.3) is 0 Å². The van der Waals surface area contributed by atoms with Crippen LogP contribution in [0.5, 0.6) is 0 Å². The van der Waals surface area contributed by atoms with Crippen molar-refractivity contribution in [3.8, 4) is 0 Å². The van der Waals surface area contributed by atoms with E-state index in [0.29, 0.717) is 0 Å². The maximum absolute atomic E-state index is 6.32. The second-order valence-corrected chi connectivity index (χ2v) is 4.36. The number of rotatable bonds is 3. The van der Waals surface area contributed by atoms with E-state index in [1.807, 2.05) is 18.2 Å². The predicted molar refractivity (Wildman–Crippen MR) is 61.6 cm³/mol. The molecular weight excluding hydrogens is 186 g/mol. The summed E-state index contributed by atoms with van der Waals surface area (Å²) >= 11 is 0. The minimum absolute atomic E-state index is 0.00574. The SMILES string of the molecule is COC1(C(N)c2ccccc2)CCCC1. The Hall–Kier alpha value is -0.860. The lowest BCUT2D eigenvalue weighted by atomic mass is 9.87. The van der Waals surface area contributed by atoms with Crippen LogP contribution in [0.4, 0.5) is 0 Å². The summed E-state index contributed by atoms with van der Waals surface area (Å²) in [5.74, 6) is 0. The minimum Gasteiger partial charge on any atom is -0.376 e. The third-order valence-electron chi connectivity index (χ3n) is 3.58. The quantitative estimate of drug-likeness (QED) is 0.823. The van der Waals surface area contributed by atoms with Gasteiger partial charge in [-0.3, -0.25) is 0 Å². The number of ether oxygens (including phenoxy) is 1. The molecule has 1 aliphatic rings. The van der Waals surface area contributed by atoms with Crippen LogP contribution in [0.1, 0.15) is 37.3 Å². The molecule has 0 bridgehead atoms. The van der Waals surface area contributed by atoms with Gasteiger partial charge in [0.15, 0.2) is 0 Å². The second-order valence-electron chi connectivity index (χ2n) is 4.36. The molecule has 0 amide bonds. The van der Waals surface area contributed by atoms with Gasteiger partial charge >= 0.3 is 0 Å². The first-order chi connectivity index (χ1) is 7.28. The summed E-state index contributed by atoms with van der Waals surface area (Å²) in [6.07, 6.45) is 4.63.